The molecule has 0 saturated carbocycles. The second-order valence-corrected chi connectivity index (χ2v) is 6.17. The van der Waals surface area contributed by atoms with Crippen LogP contribution in [-0.4, -0.2) is 17.6 Å². The zero-order valence-electron chi connectivity index (χ0n) is 12.0. The number of carbonyl (C=O) groups excluding carboxylic acids is 1. The molecule has 0 bridgehead atoms. The summed E-state index contributed by atoms with van der Waals surface area (Å²) in [6, 6.07) is 7.10. The summed E-state index contributed by atoms with van der Waals surface area (Å²) < 4.78 is 7.92. The number of methoxy groups -OCH3 is 1. The van der Waals surface area contributed by atoms with Crippen LogP contribution in [0.25, 0.3) is 0 Å². The molecule has 0 radical (unpaired) electrons. The molecule has 0 fully saturated rings. The number of ether oxygens (including phenoxy) is 1. The van der Waals surface area contributed by atoms with E-state index in [1.807, 2.05) is 24.6 Å². The highest BCUT2D eigenvalue weighted by molar-refractivity contribution is 9.10. The van der Waals surface area contributed by atoms with Crippen molar-refractivity contribution in [3.05, 3.63) is 45.7 Å². The van der Waals surface area contributed by atoms with E-state index in [-0.39, 0.29) is 11.9 Å². The fourth-order valence-electron chi connectivity index (χ4n) is 1.99. The largest absolute Gasteiger partial charge is 0.495 e. The lowest BCUT2D eigenvalue weighted by Crippen LogP contribution is -2.17. The first-order valence-electron chi connectivity index (χ1n) is 6.44. The number of amides is 1. The first-order valence-corrected chi connectivity index (χ1v) is 7.61. The maximum absolute atomic E-state index is 12.4. The van der Waals surface area contributed by atoms with Gasteiger partial charge in [0.25, 0.3) is 5.91 Å². The molecule has 0 unspecified atom stereocenters. The average Bonchev–Trinajstić information content (AvgIpc) is 2.83. The van der Waals surface area contributed by atoms with Gasteiger partial charge in [-0.15, -0.1) is 0 Å². The summed E-state index contributed by atoms with van der Waals surface area (Å²) in [6.45, 7) is 4.04. The molecule has 6 heteroatoms. The fraction of sp³-hybridized carbons (Fsp3) is 0.267. The smallest absolute Gasteiger partial charge is 0.272 e. The average molecular weight is 372 g/mol. The molecule has 112 valence electrons. The van der Waals surface area contributed by atoms with E-state index >= 15 is 0 Å². The van der Waals surface area contributed by atoms with Crippen molar-refractivity contribution in [2.24, 2.45) is 0 Å². The van der Waals surface area contributed by atoms with Gasteiger partial charge in [0.2, 0.25) is 0 Å². The van der Waals surface area contributed by atoms with Gasteiger partial charge in [0, 0.05) is 28.5 Å². The molecule has 21 heavy (non-hydrogen) atoms. The predicted octanol–water partition coefficient (Wildman–Crippen LogP) is 4.75. The van der Waals surface area contributed by atoms with Crippen LogP contribution in [0.1, 0.15) is 30.4 Å². The zero-order valence-corrected chi connectivity index (χ0v) is 14.3. The fourth-order valence-corrected chi connectivity index (χ4v) is 2.62. The number of benzene rings is 1. The highest BCUT2D eigenvalue weighted by atomic mass is 79.9. The standard InChI is InChI=1S/C15H16BrClN2O2/c1-9(2)19-8-10(16)6-13(19)15(20)18-11-4-5-12(17)14(7-11)21-3/h4-9H,1-3H3,(H,18,20). The van der Waals surface area contributed by atoms with E-state index in [0.717, 1.165) is 4.47 Å². The number of hydrogen-bond donors (Lipinski definition) is 1. The third kappa shape index (κ3) is 3.60. The molecule has 1 aromatic heterocycles. The van der Waals surface area contributed by atoms with Crippen LogP contribution in [0, 0.1) is 0 Å². The van der Waals surface area contributed by atoms with Gasteiger partial charge in [-0.1, -0.05) is 11.6 Å². The third-order valence-corrected chi connectivity index (χ3v) is 3.76. The Labute approximate surface area is 137 Å². The van der Waals surface area contributed by atoms with Crippen molar-refractivity contribution in [3.63, 3.8) is 0 Å². The van der Waals surface area contributed by atoms with Crippen molar-refractivity contribution in [2.75, 3.05) is 12.4 Å². The summed E-state index contributed by atoms with van der Waals surface area (Å²) in [5, 5.41) is 3.35. The highest BCUT2D eigenvalue weighted by Crippen LogP contribution is 2.28. The number of anilines is 1. The van der Waals surface area contributed by atoms with Crippen LogP contribution >= 0.6 is 27.5 Å². The van der Waals surface area contributed by atoms with Crippen molar-refractivity contribution >= 4 is 39.1 Å². The van der Waals surface area contributed by atoms with Crippen molar-refractivity contribution in [1.29, 1.82) is 0 Å². The van der Waals surface area contributed by atoms with Gasteiger partial charge in [-0.2, -0.15) is 0 Å². The first-order chi connectivity index (χ1) is 9.92. The van der Waals surface area contributed by atoms with Gasteiger partial charge in [0.15, 0.2) is 0 Å². The second-order valence-electron chi connectivity index (χ2n) is 4.85. The third-order valence-electron chi connectivity index (χ3n) is 3.01. The molecular formula is C15H16BrClN2O2. The summed E-state index contributed by atoms with van der Waals surface area (Å²) in [6.07, 6.45) is 1.89. The van der Waals surface area contributed by atoms with Crippen molar-refractivity contribution in [2.45, 2.75) is 19.9 Å². The Balaban J connectivity index is 2.26. The van der Waals surface area contributed by atoms with Gasteiger partial charge in [0.1, 0.15) is 11.4 Å². The van der Waals surface area contributed by atoms with E-state index in [1.165, 1.54) is 7.11 Å². The lowest BCUT2D eigenvalue weighted by Gasteiger charge is -2.13. The lowest BCUT2D eigenvalue weighted by molar-refractivity contribution is 0.101. The topological polar surface area (TPSA) is 43.3 Å². The summed E-state index contributed by atoms with van der Waals surface area (Å²) in [4.78, 5) is 12.4. The quantitative estimate of drug-likeness (QED) is 0.843. The molecule has 0 aliphatic carbocycles. The van der Waals surface area contributed by atoms with Gasteiger partial charge in [-0.25, -0.2) is 0 Å². The monoisotopic (exact) mass is 370 g/mol. The van der Waals surface area contributed by atoms with Gasteiger partial charge in [-0.3, -0.25) is 4.79 Å². The Morgan fingerprint density at radius 2 is 2.10 bits per heavy atom. The predicted molar refractivity (Wildman–Crippen MR) is 88.5 cm³/mol. The number of carbonyl (C=O) groups is 1. The maximum Gasteiger partial charge on any atom is 0.272 e. The summed E-state index contributed by atoms with van der Waals surface area (Å²) in [5.41, 5.74) is 1.22. The Morgan fingerprint density at radius 1 is 1.38 bits per heavy atom. The van der Waals surface area contributed by atoms with Gasteiger partial charge >= 0.3 is 0 Å². The Kier molecular flexibility index (Phi) is 4.96. The highest BCUT2D eigenvalue weighted by Gasteiger charge is 2.15. The van der Waals surface area contributed by atoms with Crippen LogP contribution in [0.2, 0.25) is 5.02 Å². The Hall–Kier alpha value is -1.46. The number of aromatic nitrogens is 1. The number of hydrogen-bond acceptors (Lipinski definition) is 2. The molecule has 1 N–H and O–H groups in total. The summed E-state index contributed by atoms with van der Waals surface area (Å²) >= 11 is 9.37. The number of nitrogens with zero attached hydrogens (tertiary/aromatic N) is 1. The van der Waals surface area contributed by atoms with Gasteiger partial charge in [-0.05, 0) is 48.0 Å². The van der Waals surface area contributed by atoms with E-state index in [4.69, 9.17) is 16.3 Å². The molecule has 0 aliphatic rings. The SMILES string of the molecule is COc1cc(NC(=O)c2cc(Br)cn2C(C)C)ccc1Cl. The molecule has 0 aliphatic heterocycles. The van der Waals surface area contributed by atoms with Gasteiger partial charge in [0.05, 0.1) is 12.1 Å². The molecule has 2 aromatic rings. The zero-order chi connectivity index (χ0) is 15.6. The lowest BCUT2D eigenvalue weighted by atomic mass is 10.2. The van der Waals surface area contributed by atoms with E-state index in [9.17, 15) is 4.79 Å². The van der Waals surface area contributed by atoms with Crippen LogP contribution in [0.5, 0.6) is 5.75 Å². The minimum atomic E-state index is -0.182. The molecule has 0 atom stereocenters. The molecule has 1 amide bonds. The van der Waals surface area contributed by atoms with Crippen LogP contribution in [0.3, 0.4) is 0 Å². The normalized spacial score (nSPS) is 10.8. The first kappa shape index (κ1) is 15.9. The number of rotatable bonds is 4. The molecule has 4 nitrogen and oxygen atoms in total. The van der Waals surface area contributed by atoms with E-state index in [0.29, 0.717) is 22.2 Å². The van der Waals surface area contributed by atoms with E-state index < -0.39 is 0 Å². The Morgan fingerprint density at radius 3 is 2.71 bits per heavy atom. The molecule has 1 heterocycles. The van der Waals surface area contributed by atoms with E-state index in [2.05, 4.69) is 21.2 Å². The number of halogens is 2. The van der Waals surface area contributed by atoms with Crippen LogP contribution in [0.4, 0.5) is 5.69 Å². The Bertz CT molecular complexity index is 668. The second kappa shape index (κ2) is 6.54. The maximum atomic E-state index is 12.4. The minimum Gasteiger partial charge on any atom is -0.495 e. The van der Waals surface area contributed by atoms with Crippen molar-refractivity contribution < 1.29 is 9.53 Å². The van der Waals surface area contributed by atoms with Crippen LogP contribution < -0.4 is 10.1 Å². The summed E-state index contributed by atoms with van der Waals surface area (Å²) in [5.74, 6) is 0.341. The summed E-state index contributed by atoms with van der Waals surface area (Å²) in [7, 11) is 1.54. The minimum absolute atomic E-state index is 0.182. The molecule has 0 saturated heterocycles. The molecular weight excluding hydrogens is 356 g/mol. The molecule has 0 spiro atoms. The van der Waals surface area contributed by atoms with Crippen molar-refractivity contribution in [1.82, 2.24) is 4.57 Å². The van der Waals surface area contributed by atoms with E-state index in [1.54, 1.807) is 24.3 Å². The number of nitrogens with one attached hydrogen (secondary N) is 1. The molecule has 1 aromatic carbocycles. The van der Waals surface area contributed by atoms with Crippen molar-refractivity contribution in [3.8, 4) is 5.75 Å². The van der Waals surface area contributed by atoms with Crippen LogP contribution in [0.15, 0.2) is 34.9 Å². The van der Waals surface area contributed by atoms with Gasteiger partial charge < -0.3 is 14.6 Å². The van der Waals surface area contributed by atoms with Crippen LogP contribution in [-0.2, 0) is 0 Å². The molecule has 2 rings (SSSR count).